The molecule has 0 fully saturated rings. The number of halogens is 3. The van der Waals surface area contributed by atoms with Gasteiger partial charge in [0.15, 0.2) is 5.69 Å². The van der Waals surface area contributed by atoms with Crippen LogP contribution >= 0.6 is 39.1 Å². The average Bonchev–Trinajstić information content (AvgIpc) is 3.28. The van der Waals surface area contributed by atoms with Crippen LogP contribution in [0.5, 0.6) is 5.75 Å². The van der Waals surface area contributed by atoms with E-state index in [0.717, 1.165) is 15.7 Å². The van der Waals surface area contributed by atoms with E-state index in [1.165, 1.54) is 16.8 Å². The molecule has 0 aliphatic heterocycles. The second-order valence-electron chi connectivity index (χ2n) is 7.43. The Morgan fingerprint density at radius 2 is 1.88 bits per heavy atom. The molecular formula is C23H21BrCl2N4O4. The molecule has 0 aliphatic rings. The van der Waals surface area contributed by atoms with Gasteiger partial charge in [0.05, 0.1) is 19.4 Å². The lowest BCUT2D eigenvalue weighted by Crippen LogP contribution is -2.27. The minimum absolute atomic E-state index is 0.0200. The normalized spacial score (nSPS) is 11.3. The van der Waals surface area contributed by atoms with E-state index in [4.69, 9.17) is 32.4 Å². The second-order valence-corrected chi connectivity index (χ2v) is 9.04. The lowest BCUT2D eigenvalue weighted by atomic mass is 10.2. The molecule has 8 nitrogen and oxygen atoms in total. The molecule has 2 aromatic carbocycles. The first-order valence-corrected chi connectivity index (χ1v) is 12.3. The largest absolute Gasteiger partial charge is 0.508 e. The number of hydrogen-bond donors (Lipinski definition) is 1. The van der Waals surface area contributed by atoms with Gasteiger partial charge >= 0.3 is 5.63 Å². The summed E-state index contributed by atoms with van der Waals surface area (Å²) in [7, 11) is 0. The zero-order valence-corrected chi connectivity index (χ0v) is 21.1. The zero-order chi connectivity index (χ0) is 24.1. The van der Waals surface area contributed by atoms with Crippen molar-refractivity contribution in [2.45, 2.75) is 13.2 Å². The second kappa shape index (κ2) is 11.2. The molecule has 1 N–H and O–H groups in total. The molecule has 0 aliphatic carbocycles. The van der Waals surface area contributed by atoms with Gasteiger partial charge in [-0.15, -0.1) is 28.3 Å². The van der Waals surface area contributed by atoms with E-state index in [-0.39, 0.29) is 18.0 Å². The van der Waals surface area contributed by atoms with Gasteiger partial charge in [0.1, 0.15) is 17.0 Å². The number of anilines is 1. The van der Waals surface area contributed by atoms with Crippen LogP contribution in [0, 0.1) is 0 Å². The van der Waals surface area contributed by atoms with E-state index in [2.05, 4.69) is 31.1 Å². The molecule has 0 amide bonds. The third-order valence-corrected chi connectivity index (χ3v) is 6.21. The Bertz CT molecular complexity index is 1340. The number of fused-ring (bicyclic) bond motifs is 1. The molecule has 178 valence electrons. The highest BCUT2D eigenvalue weighted by molar-refractivity contribution is 9.10. The maximum atomic E-state index is 12.4. The fourth-order valence-corrected chi connectivity index (χ4v) is 4.21. The number of benzene rings is 2. The topological polar surface area (TPSA) is 93.6 Å². The molecule has 34 heavy (non-hydrogen) atoms. The van der Waals surface area contributed by atoms with E-state index in [1.807, 2.05) is 18.2 Å². The first kappa shape index (κ1) is 24.5. The van der Waals surface area contributed by atoms with Crippen LogP contribution in [0.3, 0.4) is 0 Å². The number of aromatic nitrogens is 3. The number of phenols is 1. The standard InChI is InChI=1S/C23H21BrCl2N4O4/c24-20-4-2-18(29(7-5-25)8-6-26)9-16(20)13-33-14-17-12-30(28-27-17)21-10-15-1-3-19(31)11-22(15)34-23(21)32/h1-4,9-12,31H,5-8,13-14H2. The molecule has 0 radical (unpaired) electrons. The van der Waals surface area contributed by atoms with E-state index in [0.29, 0.717) is 48.1 Å². The van der Waals surface area contributed by atoms with Crippen molar-refractivity contribution in [3.8, 4) is 11.4 Å². The quantitative estimate of drug-likeness (QED) is 0.216. The lowest BCUT2D eigenvalue weighted by Gasteiger charge is -2.23. The predicted molar refractivity (Wildman–Crippen MR) is 135 cm³/mol. The van der Waals surface area contributed by atoms with E-state index < -0.39 is 5.63 Å². The van der Waals surface area contributed by atoms with Crippen LogP contribution in [-0.4, -0.2) is 44.9 Å². The van der Waals surface area contributed by atoms with Crippen LogP contribution in [-0.2, 0) is 18.0 Å². The third kappa shape index (κ3) is 5.72. The monoisotopic (exact) mass is 566 g/mol. The Kier molecular flexibility index (Phi) is 8.10. The Labute approximate surface area is 213 Å². The molecule has 2 heterocycles. The fraction of sp³-hybridized carbons (Fsp3) is 0.261. The van der Waals surface area contributed by atoms with Gasteiger partial charge in [-0.05, 0) is 42.0 Å². The summed E-state index contributed by atoms with van der Waals surface area (Å²) < 4.78 is 13.4. The van der Waals surface area contributed by atoms with Crippen LogP contribution in [0.1, 0.15) is 11.3 Å². The number of alkyl halides is 2. The Morgan fingerprint density at radius 3 is 2.65 bits per heavy atom. The van der Waals surface area contributed by atoms with Crippen molar-refractivity contribution in [2.24, 2.45) is 0 Å². The van der Waals surface area contributed by atoms with Gasteiger partial charge in [-0.3, -0.25) is 0 Å². The highest BCUT2D eigenvalue weighted by Gasteiger charge is 2.12. The summed E-state index contributed by atoms with van der Waals surface area (Å²) in [5, 5.41) is 18.3. The van der Waals surface area contributed by atoms with Crippen LogP contribution in [0.2, 0.25) is 0 Å². The molecule has 0 atom stereocenters. The van der Waals surface area contributed by atoms with Gasteiger partial charge in [-0.2, -0.15) is 0 Å². The number of nitrogens with zero attached hydrogens (tertiary/aromatic N) is 4. The van der Waals surface area contributed by atoms with Crippen molar-refractivity contribution < 1.29 is 14.3 Å². The maximum absolute atomic E-state index is 12.4. The molecule has 4 rings (SSSR count). The van der Waals surface area contributed by atoms with Crippen LogP contribution in [0.25, 0.3) is 16.7 Å². The smallest absolute Gasteiger partial charge is 0.362 e. The highest BCUT2D eigenvalue weighted by Crippen LogP contribution is 2.25. The van der Waals surface area contributed by atoms with E-state index >= 15 is 0 Å². The molecule has 11 heteroatoms. The molecule has 0 unspecified atom stereocenters. The van der Waals surface area contributed by atoms with Crippen LogP contribution < -0.4 is 10.5 Å². The number of hydrogen-bond acceptors (Lipinski definition) is 7. The van der Waals surface area contributed by atoms with Gasteiger partial charge in [0.25, 0.3) is 0 Å². The Balaban J connectivity index is 1.44. The van der Waals surface area contributed by atoms with Crippen molar-refractivity contribution in [2.75, 3.05) is 29.7 Å². The van der Waals surface area contributed by atoms with Crippen LogP contribution in [0.15, 0.2) is 62.3 Å². The maximum Gasteiger partial charge on any atom is 0.362 e. The first-order chi connectivity index (χ1) is 16.5. The van der Waals surface area contributed by atoms with Gasteiger partial charge < -0.3 is 19.2 Å². The molecule has 0 spiro atoms. The van der Waals surface area contributed by atoms with Crippen molar-refractivity contribution in [1.29, 1.82) is 0 Å². The number of aromatic hydroxyl groups is 1. The minimum Gasteiger partial charge on any atom is -0.508 e. The summed E-state index contributed by atoms with van der Waals surface area (Å²) in [6, 6.07) is 12.2. The SMILES string of the molecule is O=c1oc2cc(O)ccc2cc1-n1cc(COCc2cc(N(CCCl)CCCl)ccc2Br)nn1. The van der Waals surface area contributed by atoms with Gasteiger partial charge in [0.2, 0.25) is 0 Å². The van der Waals surface area contributed by atoms with Gasteiger partial charge in [-0.1, -0.05) is 21.1 Å². The molecule has 2 aromatic heterocycles. The van der Waals surface area contributed by atoms with Crippen molar-refractivity contribution in [3.63, 3.8) is 0 Å². The first-order valence-electron chi connectivity index (χ1n) is 10.4. The molecule has 0 bridgehead atoms. The number of ether oxygens (including phenoxy) is 1. The summed E-state index contributed by atoms with van der Waals surface area (Å²) in [6.45, 7) is 1.95. The third-order valence-electron chi connectivity index (χ3n) is 5.10. The summed E-state index contributed by atoms with van der Waals surface area (Å²) in [5.74, 6) is 1.03. The van der Waals surface area contributed by atoms with Gasteiger partial charge in [0, 0.05) is 46.5 Å². The summed E-state index contributed by atoms with van der Waals surface area (Å²) in [4.78, 5) is 14.5. The molecular weight excluding hydrogens is 547 g/mol. The van der Waals surface area contributed by atoms with Crippen molar-refractivity contribution in [1.82, 2.24) is 15.0 Å². The molecule has 0 saturated heterocycles. The fourth-order valence-electron chi connectivity index (χ4n) is 3.44. The Hall–Kier alpha value is -2.59. The zero-order valence-electron chi connectivity index (χ0n) is 18.0. The average molecular weight is 568 g/mol. The van der Waals surface area contributed by atoms with E-state index in [9.17, 15) is 9.90 Å². The van der Waals surface area contributed by atoms with Crippen molar-refractivity contribution in [3.05, 3.63) is 74.8 Å². The van der Waals surface area contributed by atoms with Gasteiger partial charge in [-0.25, -0.2) is 9.48 Å². The molecule has 4 aromatic rings. The lowest BCUT2D eigenvalue weighted by molar-refractivity contribution is 0.104. The summed E-state index contributed by atoms with van der Waals surface area (Å²) in [5.41, 5.74) is 2.47. The molecule has 0 saturated carbocycles. The summed E-state index contributed by atoms with van der Waals surface area (Å²) in [6.07, 6.45) is 1.62. The van der Waals surface area contributed by atoms with Crippen LogP contribution in [0.4, 0.5) is 5.69 Å². The minimum atomic E-state index is -0.588. The number of phenolic OH excluding ortho intramolecular Hbond substituents is 1. The highest BCUT2D eigenvalue weighted by atomic mass is 79.9. The van der Waals surface area contributed by atoms with E-state index in [1.54, 1.807) is 18.3 Å². The number of rotatable bonds is 10. The Morgan fingerprint density at radius 1 is 1.09 bits per heavy atom. The summed E-state index contributed by atoms with van der Waals surface area (Å²) >= 11 is 15.4. The predicted octanol–water partition coefficient (Wildman–Crippen LogP) is 4.84. The van der Waals surface area contributed by atoms with Crippen molar-refractivity contribution >= 4 is 55.8 Å².